The molecule has 3 aliphatic rings. The third-order valence-corrected chi connectivity index (χ3v) is 11.6. The van der Waals surface area contributed by atoms with E-state index < -0.39 is 12.1 Å². The van der Waals surface area contributed by atoms with Gasteiger partial charge in [0, 0.05) is 66.0 Å². The first kappa shape index (κ1) is 46.8. The van der Waals surface area contributed by atoms with Crippen molar-refractivity contribution in [2.45, 2.75) is 71.9 Å². The van der Waals surface area contributed by atoms with E-state index in [2.05, 4.69) is 72.1 Å². The number of nitrogens with one attached hydrogen (secondary N) is 6. The molecule has 62 heavy (non-hydrogen) atoms. The van der Waals surface area contributed by atoms with Crippen LogP contribution in [0.2, 0.25) is 0 Å². The van der Waals surface area contributed by atoms with Crippen LogP contribution in [0.5, 0.6) is 0 Å². The molecular weight excluding hydrogens is 783 g/mol. The monoisotopic (exact) mass is 843 g/mol. The second-order valence-electron chi connectivity index (χ2n) is 16.4. The van der Waals surface area contributed by atoms with Crippen LogP contribution in [-0.4, -0.2) is 80.6 Å². The number of carbonyl (C=O) groups excluding carboxylic acids is 5. The van der Waals surface area contributed by atoms with Crippen molar-refractivity contribution < 1.29 is 28.7 Å². The van der Waals surface area contributed by atoms with Crippen LogP contribution in [0.4, 0.5) is 11.4 Å². The maximum Gasteiger partial charge on any atom is 0.269 e. The Morgan fingerprint density at radius 1 is 1.05 bits per heavy atom. The van der Waals surface area contributed by atoms with Gasteiger partial charge >= 0.3 is 0 Å². The van der Waals surface area contributed by atoms with Crippen LogP contribution >= 0.6 is 0 Å². The minimum atomic E-state index is -0.856. The molecule has 13 nitrogen and oxygen atoms in total. The molecule has 0 aromatic heterocycles. The Morgan fingerprint density at radius 2 is 1.77 bits per heavy atom. The Hall–Kier alpha value is -6.21. The number of amides is 2. The number of nitrogens with zero attached hydrogens (tertiary/aromatic N) is 1. The number of hydrogen-bond donors (Lipinski definition) is 6. The topological polar surface area (TPSA) is 191 Å². The van der Waals surface area contributed by atoms with Gasteiger partial charge in [0.05, 0.1) is 30.4 Å². The van der Waals surface area contributed by atoms with Gasteiger partial charge in [-0.05, 0) is 97.9 Å². The summed E-state index contributed by atoms with van der Waals surface area (Å²) in [6.45, 7) is 21.6. The van der Waals surface area contributed by atoms with Crippen molar-refractivity contribution >= 4 is 52.5 Å². The van der Waals surface area contributed by atoms with Gasteiger partial charge in [0.15, 0.2) is 11.6 Å². The summed E-state index contributed by atoms with van der Waals surface area (Å²) in [7, 11) is 1.54. The van der Waals surface area contributed by atoms with Gasteiger partial charge in [-0.3, -0.25) is 24.2 Å². The van der Waals surface area contributed by atoms with E-state index in [9.17, 15) is 24.0 Å². The lowest BCUT2D eigenvalue weighted by Crippen LogP contribution is -2.33. The molecule has 6 N–H and O–H groups in total. The van der Waals surface area contributed by atoms with E-state index in [4.69, 9.17) is 10.1 Å². The number of rotatable bonds is 25. The van der Waals surface area contributed by atoms with Crippen molar-refractivity contribution in [2.75, 3.05) is 44.0 Å². The predicted molar refractivity (Wildman–Crippen MR) is 246 cm³/mol. The third kappa shape index (κ3) is 11.4. The number of Topliss-reactive ketones (excluding diaryl/α,β-unsaturated/α-hetero) is 2. The Kier molecular flexibility index (Phi) is 16.3. The zero-order valence-corrected chi connectivity index (χ0v) is 36.6. The standard InChI is InChI=1S/C49H61N7O6/c1-9-12-29(4)45(50)36-13-10-15-39(43(36)37-25-30(37)5)55-41(32(7)48(60)51-8)26-31(6)54-42-19-18-40(56-42)49(61)53-21-24-62-23-20-52-33-16-17-35-38(27-33)47(59)44(46(35)58)34(28(2)3)14-11-22-57/h10,13,15-19,22,26-27,29-30,34,37,42,44,50,52,54-55H,2,6-7,9,11-12,14,20-21,23-25H2,1,3-5,8H3,(H,51,60)(H,53,61)/b41-26+,50-45?/t29?,30?,34?,37?,42?,44-/m0/s1. The van der Waals surface area contributed by atoms with Crippen LogP contribution in [0, 0.1) is 29.1 Å². The van der Waals surface area contributed by atoms with E-state index in [1.54, 1.807) is 50.4 Å². The van der Waals surface area contributed by atoms with Crippen molar-refractivity contribution in [1.29, 1.82) is 5.41 Å². The molecule has 2 aromatic carbocycles. The Balaban J connectivity index is 1.11. The van der Waals surface area contributed by atoms with Crippen molar-refractivity contribution in [1.82, 2.24) is 16.0 Å². The second kappa shape index (κ2) is 21.5. The lowest BCUT2D eigenvalue weighted by Gasteiger charge is -2.22. The molecule has 1 saturated carbocycles. The Labute approximate surface area is 365 Å². The molecule has 0 radical (unpaired) electrons. The molecule has 328 valence electrons. The van der Waals surface area contributed by atoms with Gasteiger partial charge in [-0.1, -0.05) is 64.6 Å². The van der Waals surface area contributed by atoms with E-state index in [0.717, 1.165) is 42.4 Å². The number of hydrogen-bond acceptors (Lipinski definition) is 11. The molecule has 0 spiro atoms. The summed E-state index contributed by atoms with van der Waals surface area (Å²) >= 11 is 0. The average molecular weight is 844 g/mol. The first-order valence-corrected chi connectivity index (χ1v) is 21.4. The van der Waals surface area contributed by atoms with E-state index in [1.807, 2.05) is 18.2 Å². The summed E-state index contributed by atoms with van der Waals surface area (Å²) in [5.74, 6) is -1.55. The second-order valence-corrected chi connectivity index (χ2v) is 16.4. The minimum absolute atomic E-state index is 0.113. The van der Waals surface area contributed by atoms with Crippen LogP contribution in [0.25, 0.3) is 0 Å². The summed E-state index contributed by atoms with van der Waals surface area (Å²) in [4.78, 5) is 67.7. The number of anilines is 2. The number of aliphatic imine (C=N–C) groups is 1. The molecule has 1 aliphatic heterocycles. The summed E-state index contributed by atoms with van der Waals surface area (Å²) < 4.78 is 5.70. The van der Waals surface area contributed by atoms with Gasteiger partial charge in [0.1, 0.15) is 18.2 Å². The molecule has 5 rings (SSSR count). The Morgan fingerprint density at radius 3 is 2.45 bits per heavy atom. The zero-order chi connectivity index (χ0) is 45.1. The molecular formula is C49H61N7O6. The number of ketones is 2. The highest BCUT2D eigenvalue weighted by Gasteiger charge is 2.43. The summed E-state index contributed by atoms with van der Waals surface area (Å²) in [6.07, 6.45) is 8.88. The molecule has 6 atom stereocenters. The Bertz CT molecular complexity index is 2220. The molecule has 2 aromatic rings. The average Bonchev–Trinajstić information content (AvgIpc) is 3.69. The van der Waals surface area contributed by atoms with Gasteiger partial charge in [-0.15, -0.1) is 0 Å². The smallest absolute Gasteiger partial charge is 0.269 e. The SMILES string of the molecule is C=C(/C=C(/Nc1cccc(C(=N)C(C)CCC)c1C1CC1C)C(=C)C(=O)NC)NC1C=CC(C(=O)NCCOCCNc2ccc3c(c2)C(=O)[C@@H](C(CCC=O)C(=C)C)C3=O)=N1. The van der Waals surface area contributed by atoms with Gasteiger partial charge in [-0.25, -0.2) is 0 Å². The fraction of sp³-hybridized carbons (Fsp3) is 0.408. The quantitative estimate of drug-likeness (QED) is 0.0116. The van der Waals surface area contributed by atoms with E-state index >= 15 is 0 Å². The molecule has 0 bridgehead atoms. The summed E-state index contributed by atoms with van der Waals surface area (Å²) in [5, 5.41) is 24.4. The number of likely N-dealkylation sites (N-methyl/N-ethyl adjacent to an activating group) is 1. The molecule has 5 unspecified atom stereocenters. The third-order valence-electron chi connectivity index (χ3n) is 11.6. The van der Waals surface area contributed by atoms with Gasteiger partial charge in [0.2, 0.25) is 0 Å². The normalized spacial score (nSPS) is 19.8. The first-order chi connectivity index (χ1) is 29.7. The predicted octanol–water partition coefficient (Wildman–Crippen LogP) is 7.06. The summed E-state index contributed by atoms with van der Waals surface area (Å²) in [5.41, 5.74) is 6.89. The first-order valence-electron chi connectivity index (χ1n) is 21.4. The number of ether oxygens (including phenoxy) is 1. The lowest BCUT2D eigenvalue weighted by atomic mass is 9.81. The fourth-order valence-electron chi connectivity index (χ4n) is 8.07. The largest absolute Gasteiger partial charge is 0.383 e. The highest BCUT2D eigenvalue weighted by molar-refractivity contribution is 6.44. The summed E-state index contributed by atoms with van der Waals surface area (Å²) in [6, 6.07) is 11.0. The fourth-order valence-corrected chi connectivity index (χ4v) is 8.07. The molecule has 13 heteroatoms. The maximum absolute atomic E-state index is 13.3. The number of aldehydes is 1. The molecule has 1 heterocycles. The van der Waals surface area contributed by atoms with Crippen molar-refractivity contribution in [3.63, 3.8) is 0 Å². The highest BCUT2D eigenvalue weighted by Crippen LogP contribution is 2.51. The van der Waals surface area contributed by atoms with Gasteiger partial charge < -0.3 is 41.5 Å². The molecule has 2 amide bonds. The van der Waals surface area contributed by atoms with Crippen LogP contribution < -0.4 is 26.6 Å². The van der Waals surface area contributed by atoms with Gasteiger partial charge in [-0.2, -0.15) is 0 Å². The lowest BCUT2D eigenvalue weighted by molar-refractivity contribution is -0.117. The van der Waals surface area contributed by atoms with Crippen LogP contribution in [0.1, 0.15) is 97.6 Å². The van der Waals surface area contributed by atoms with E-state index in [1.165, 1.54) is 0 Å². The van der Waals surface area contributed by atoms with E-state index in [-0.39, 0.29) is 66.1 Å². The van der Waals surface area contributed by atoms with Crippen LogP contribution in [-0.2, 0) is 19.1 Å². The number of benzene rings is 2. The highest BCUT2D eigenvalue weighted by atomic mass is 16.5. The minimum Gasteiger partial charge on any atom is -0.383 e. The van der Waals surface area contributed by atoms with Crippen LogP contribution in [0.3, 0.4) is 0 Å². The van der Waals surface area contributed by atoms with E-state index in [0.29, 0.717) is 70.9 Å². The van der Waals surface area contributed by atoms with Gasteiger partial charge in [0.25, 0.3) is 11.8 Å². The molecule has 2 aliphatic carbocycles. The number of carbonyl (C=O) groups is 5. The zero-order valence-electron chi connectivity index (χ0n) is 36.6. The van der Waals surface area contributed by atoms with Crippen molar-refractivity contribution in [3.05, 3.63) is 119 Å². The van der Waals surface area contributed by atoms with Crippen molar-refractivity contribution in [3.8, 4) is 0 Å². The van der Waals surface area contributed by atoms with Crippen LogP contribution in [0.15, 0.2) is 102 Å². The molecule has 1 fully saturated rings. The number of fused-ring (bicyclic) bond motifs is 1. The maximum atomic E-state index is 13.3. The molecule has 0 saturated heterocycles. The van der Waals surface area contributed by atoms with Crippen molar-refractivity contribution in [2.24, 2.45) is 28.7 Å². The number of allylic oxidation sites excluding steroid dienone is 2.